The van der Waals surface area contributed by atoms with Crippen LogP contribution in [0.1, 0.15) is 42.6 Å². The van der Waals surface area contributed by atoms with Crippen LogP contribution in [0, 0.1) is 18.7 Å². The van der Waals surface area contributed by atoms with Gasteiger partial charge < -0.3 is 5.32 Å². The summed E-state index contributed by atoms with van der Waals surface area (Å²) in [6.45, 7) is 5.80. The Morgan fingerprint density at radius 2 is 1.90 bits per heavy atom. The second-order valence-electron chi connectivity index (χ2n) is 4.91. The van der Waals surface area contributed by atoms with E-state index in [-0.39, 0.29) is 16.0 Å². The first-order chi connectivity index (χ1) is 9.70. The molecule has 0 saturated heterocycles. The number of nitrogens with one attached hydrogen (secondary N) is 1. The summed E-state index contributed by atoms with van der Waals surface area (Å²) in [4.78, 5) is 11.6. The zero-order chi connectivity index (χ0) is 16.2. The predicted octanol–water partition coefficient (Wildman–Crippen LogP) is 3.23. The molecular formula is C14H19ClFNO3S. The Morgan fingerprint density at radius 1 is 1.33 bits per heavy atom. The van der Waals surface area contributed by atoms with Crippen molar-refractivity contribution in [3.63, 3.8) is 0 Å². The second kappa shape index (κ2) is 7.22. The van der Waals surface area contributed by atoms with Crippen molar-refractivity contribution in [2.45, 2.75) is 38.5 Å². The van der Waals surface area contributed by atoms with E-state index in [1.54, 1.807) is 0 Å². The molecule has 1 aromatic rings. The number of carbonyl (C=O) groups excluding carboxylic acids is 1. The largest absolute Gasteiger partial charge is 0.352 e. The average Bonchev–Trinajstić information content (AvgIpc) is 2.41. The standard InChI is InChI=1S/C14H19ClFNO3S/c1-4-10(5-2)8-17-14(18)11-6-12(16)9(3)13(7-11)21(15,19)20/h6-7,10H,4-5,8H2,1-3H3,(H,17,18). The van der Waals surface area contributed by atoms with Crippen LogP contribution in [0.2, 0.25) is 0 Å². The fraction of sp³-hybridized carbons (Fsp3) is 0.500. The van der Waals surface area contributed by atoms with E-state index >= 15 is 0 Å². The van der Waals surface area contributed by atoms with Crippen molar-refractivity contribution in [2.24, 2.45) is 5.92 Å². The number of hydrogen-bond acceptors (Lipinski definition) is 3. The van der Waals surface area contributed by atoms with Gasteiger partial charge in [-0.05, 0) is 25.0 Å². The summed E-state index contributed by atoms with van der Waals surface area (Å²) in [7, 11) is 1.16. The number of amides is 1. The Kier molecular flexibility index (Phi) is 6.16. The molecule has 0 bridgehead atoms. The van der Waals surface area contributed by atoms with Crippen LogP contribution in [0.25, 0.3) is 0 Å². The second-order valence-corrected chi connectivity index (χ2v) is 7.45. The number of halogens is 2. The SMILES string of the molecule is CCC(CC)CNC(=O)c1cc(F)c(C)c(S(=O)(=O)Cl)c1. The maximum absolute atomic E-state index is 13.8. The molecule has 1 aromatic carbocycles. The van der Waals surface area contributed by atoms with Crippen molar-refractivity contribution in [3.8, 4) is 0 Å². The van der Waals surface area contributed by atoms with Crippen LogP contribution in [0.3, 0.4) is 0 Å². The molecule has 118 valence electrons. The zero-order valence-electron chi connectivity index (χ0n) is 12.2. The lowest BCUT2D eigenvalue weighted by atomic mass is 10.0. The highest BCUT2D eigenvalue weighted by atomic mass is 35.7. The first-order valence-electron chi connectivity index (χ1n) is 6.73. The monoisotopic (exact) mass is 335 g/mol. The van der Waals surface area contributed by atoms with Crippen LogP contribution in [0.5, 0.6) is 0 Å². The fourth-order valence-corrected chi connectivity index (χ4v) is 3.17. The third-order valence-electron chi connectivity index (χ3n) is 3.53. The van der Waals surface area contributed by atoms with Gasteiger partial charge in [-0.25, -0.2) is 12.8 Å². The van der Waals surface area contributed by atoms with E-state index in [1.165, 1.54) is 6.92 Å². The Balaban J connectivity index is 3.04. The van der Waals surface area contributed by atoms with Gasteiger partial charge in [0.15, 0.2) is 0 Å². The highest BCUT2D eigenvalue weighted by molar-refractivity contribution is 8.13. The van der Waals surface area contributed by atoms with Crippen LogP contribution < -0.4 is 5.32 Å². The van der Waals surface area contributed by atoms with Crippen LogP contribution in [0.4, 0.5) is 4.39 Å². The minimum Gasteiger partial charge on any atom is -0.352 e. The van der Waals surface area contributed by atoms with Crippen molar-refractivity contribution < 1.29 is 17.6 Å². The zero-order valence-corrected chi connectivity index (χ0v) is 13.8. The van der Waals surface area contributed by atoms with E-state index < -0.39 is 20.8 Å². The van der Waals surface area contributed by atoms with E-state index in [2.05, 4.69) is 5.32 Å². The highest BCUT2D eigenvalue weighted by Crippen LogP contribution is 2.23. The molecule has 7 heteroatoms. The lowest BCUT2D eigenvalue weighted by Gasteiger charge is -2.14. The van der Waals surface area contributed by atoms with Gasteiger partial charge in [-0.1, -0.05) is 26.7 Å². The molecule has 0 radical (unpaired) electrons. The van der Waals surface area contributed by atoms with Crippen LogP contribution in [0.15, 0.2) is 17.0 Å². The summed E-state index contributed by atoms with van der Waals surface area (Å²) >= 11 is 0. The fourth-order valence-electron chi connectivity index (χ4n) is 1.95. The van der Waals surface area contributed by atoms with E-state index in [0.29, 0.717) is 12.5 Å². The highest BCUT2D eigenvalue weighted by Gasteiger charge is 2.20. The van der Waals surface area contributed by atoms with Gasteiger partial charge in [0, 0.05) is 28.4 Å². The molecule has 1 N–H and O–H groups in total. The van der Waals surface area contributed by atoms with E-state index in [0.717, 1.165) is 25.0 Å². The number of rotatable bonds is 6. The summed E-state index contributed by atoms with van der Waals surface area (Å²) < 4.78 is 36.6. The van der Waals surface area contributed by atoms with Crippen molar-refractivity contribution in [1.82, 2.24) is 5.32 Å². The lowest BCUT2D eigenvalue weighted by molar-refractivity contribution is 0.0945. The summed E-state index contributed by atoms with van der Waals surface area (Å²) in [5.41, 5.74) is -0.148. The normalized spacial score (nSPS) is 11.7. The summed E-state index contributed by atoms with van der Waals surface area (Å²) in [5.74, 6) is -0.952. The molecule has 0 unspecified atom stereocenters. The van der Waals surface area contributed by atoms with Gasteiger partial charge in [-0.15, -0.1) is 0 Å². The van der Waals surface area contributed by atoms with E-state index in [9.17, 15) is 17.6 Å². The first kappa shape index (κ1) is 17.9. The minimum absolute atomic E-state index is 0.0525. The molecule has 21 heavy (non-hydrogen) atoms. The maximum atomic E-state index is 13.8. The number of carbonyl (C=O) groups is 1. The van der Waals surface area contributed by atoms with Gasteiger partial charge in [-0.2, -0.15) is 0 Å². The first-order valence-corrected chi connectivity index (χ1v) is 9.04. The number of hydrogen-bond donors (Lipinski definition) is 1. The van der Waals surface area contributed by atoms with Gasteiger partial charge in [-0.3, -0.25) is 4.79 Å². The molecule has 1 amide bonds. The van der Waals surface area contributed by atoms with Crippen LogP contribution in [-0.2, 0) is 9.05 Å². The van der Waals surface area contributed by atoms with Crippen molar-refractivity contribution in [3.05, 3.63) is 29.1 Å². The molecule has 0 aromatic heterocycles. The molecule has 0 atom stereocenters. The van der Waals surface area contributed by atoms with Gasteiger partial charge in [0.1, 0.15) is 5.82 Å². The van der Waals surface area contributed by atoms with Gasteiger partial charge in [0.25, 0.3) is 15.0 Å². The maximum Gasteiger partial charge on any atom is 0.261 e. The lowest BCUT2D eigenvalue weighted by Crippen LogP contribution is -2.29. The Labute approximate surface area is 129 Å². The molecule has 1 rings (SSSR count). The Hall–Kier alpha value is -1.14. The molecule has 4 nitrogen and oxygen atoms in total. The summed E-state index contributed by atoms with van der Waals surface area (Å²) in [5, 5.41) is 2.68. The third-order valence-corrected chi connectivity index (χ3v) is 4.98. The molecule has 0 aliphatic carbocycles. The Morgan fingerprint density at radius 3 is 2.38 bits per heavy atom. The molecule has 0 spiro atoms. The van der Waals surface area contributed by atoms with E-state index in [1.807, 2.05) is 13.8 Å². The smallest absolute Gasteiger partial charge is 0.261 e. The number of benzene rings is 1. The average molecular weight is 336 g/mol. The molecule has 0 heterocycles. The molecular weight excluding hydrogens is 317 g/mol. The van der Waals surface area contributed by atoms with Gasteiger partial charge in [0.2, 0.25) is 0 Å². The van der Waals surface area contributed by atoms with Crippen molar-refractivity contribution in [1.29, 1.82) is 0 Å². The van der Waals surface area contributed by atoms with Crippen LogP contribution >= 0.6 is 10.7 Å². The summed E-state index contributed by atoms with van der Waals surface area (Å²) in [6.07, 6.45) is 1.83. The summed E-state index contributed by atoms with van der Waals surface area (Å²) in [6, 6.07) is 2.12. The quantitative estimate of drug-likeness (QED) is 0.812. The van der Waals surface area contributed by atoms with Gasteiger partial charge in [0.05, 0.1) is 4.90 Å². The third kappa shape index (κ3) is 4.68. The van der Waals surface area contributed by atoms with E-state index in [4.69, 9.17) is 10.7 Å². The topological polar surface area (TPSA) is 63.2 Å². The molecule has 0 aliphatic rings. The van der Waals surface area contributed by atoms with Crippen molar-refractivity contribution in [2.75, 3.05) is 6.54 Å². The van der Waals surface area contributed by atoms with Crippen LogP contribution in [-0.4, -0.2) is 20.9 Å². The molecule has 0 aliphatic heterocycles. The van der Waals surface area contributed by atoms with Crippen molar-refractivity contribution >= 4 is 25.6 Å². The molecule has 0 fully saturated rings. The minimum atomic E-state index is -4.10. The predicted molar refractivity (Wildman–Crippen MR) is 80.6 cm³/mol. The van der Waals surface area contributed by atoms with Gasteiger partial charge >= 0.3 is 0 Å². The molecule has 0 saturated carbocycles. The Bertz CT molecular complexity index is 627.